The molecule has 0 aliphatic carbocycles. The molecule has 1 rings (SSSR count). The first-order valence-electron chi connectivity index (χ1n) is 5.23. The van der Waals surface area contributed by atoms with Gasteiger partial charge in [-0.05, 0) is 6.07 Å². The van der Waals surface area contributed by atoms with Crippen molar-refractivity contribution in [2.24, 2.45) is 0 Å². The normalized spacial score (nSPS) is 9.53. The molecule has 0 unspecified atom stereocenters. The first-order valence-corrected chi connectivity index (χ1v) is 5.23. The Morgan fingerprint density at radius 3 is 2.79 bits per heavy atom. The van der Waals surface area contributed by atoms with Gasteiger partial charge in [0, 0.05) is 6.07 Å². The van der Waals surface area contributed by atoms with E-state index in [2.05, 4.69) is 10.1 Å². The van der Waals surface area contributed by atoms with E-state index < -0.39 is 16.8 Å². The smallest absolute Gasteiger partial charge is 0.325 e. The zero-order valence-corrected chi connectivity index (χ0v) is 10.1. The van der Waals surface area contributed by atoms with E-state index in [1.807, 2.05) is 0 Å². The molecule has 0 bridgehead atoms. The maximum Gasteiger partial charge on any atom is 0.325 e. The molecule has 1 aromatic carbocycles. The van der Waals surface area contributed by atoms with E-state index in [1.165, 1.54) is 31.4 Å². The van der Waals surface area contributed by atoms with Gasteiger partial charge in [-0.25, -0.2) is 0 Å². The number of amides is 1. The van der Waals surface area contributed by atoms with Crippen molar-refractivity contribution in [3.8, 4) is 5.75 Å². The molecule has 1 amide bonds. The maximum atomic E-state index is 11.3. The summed E-state index contributed by atoms with van der Waals surface area (Å²) in [5.41, 5.74) is -0.132. The molecule has 0 heterocycles. The third-order valence-electron chi connectivity index (χ3n) is 2.06. The molecule has 1 aromatic rings. The van der Waals surface area contributed by atoms with E-state index in [4.69, 9.17) is 4.74 Å². The molecule has 0 aromatic heterocycles. The summed E-state index contributed by atoms with van der Waals surface area (Å²) in [7, 11) is 1.20. The molecule has 0 saturated heterocycles. The largest absolute Gasteiger partial charge is 0.484 e. The van der Waals surface area contributed by atoms with Gasteiger partial charge in [-0.1, -0.05) is 6.07 Å². The van der Waals surface area contributed by atoms with Gasteiger partial charge in [0.15, 0.2) is 6.61 Å². The molecule has 0 fully saturated rings. The monoisotopic (exact) mass is 268 g/mol. The van der Waals surface area contributed by atoms with Crippen LogP contribution in [0.4, 0.5) is 5.69 Å². The van der Waals surface area contributed by atoms with Crippen LogP contribution in [0.15, 0.2) is 24.3 Å². The van der Waals surface area contributed by atoms with Crippen molar-refractivity contribution in [2.75, 3.05) is 20.3 Å². The van der Waals surface area contributed by atoms with E-state index in [1.54, 1.807) is 0 Å². The summed E-state index contributed by atoms with van der Waals surface area (Å²) >= 11 is 0. The highest BCUT2D eigenvalue weighted by atomic mass is 16.6. The predicted octanol–water partition coefficient (Wildman–Crippen LogP) is 0.263. The lowest BCUT2D eigenvalue weighted by molar-refractivity contribution is -0.384. The third-order valence-corrected chi connectivity index (χ3v) is 2.06. The van der Waals surface area contributed by atoms with E-state index in [9.17, 15) is 19.7 Å². The molecule has 8 nitrogen and oxygen atoms in total. The molecular formula is C11H12N2O6. The van der Waals surface area contributed by atoms with Crippen LogP contribution in [0.1, 0.15) is 0 Å². The summed E-state index contributed by atoms with van der Waals surface area (Å²) in [6.07, 6.45) is 0. The van der Waals surface area contributed by atoms with Crippen molar-refractivity contribution in [3.05, 3.63) is 34.4 Å². The van der Waals surface area contributed by atoms with Gasteiger partial charge in [-0.2, -0.15) is 0 Å². The Bertz CT molecular complexity index is 488. The first kappa shape index (κ1) is 14.4. The van der Waals surface area contributed by atoms with Gasteiger partial charge in [-0.15, -0.1) is 0 Å². The number of non-ortho nitro benzene ring substituents is 1. The minimum absolute atomic E-state index is 0.132. The summed E-state index contributed by atoms with van der Waals surface area (Å²) in [5.74, 6) is -0.914. The lowest BCUT2D eigenvalue weighted by atomic mass is 10.3. The number of methoxy groups -OCH3 is 1. The number of rotatable bonds is 6. The fourth-order valence-corrected chi connectivity index (χ4v) is 1.13. The van der Waals surface area contributed by atoms with Gasteiger partial charge in [0.25, 0.3) is 11.6 Å². The Hall–Kier alpha value is -2.64. The number of nitrogens with one attached hydrogen (secondary N) is 1. The number of nitro groups is 1. The Morgan fingerprint density at radius 2 is 2.16 bits per heavy atom. The minimum Gasteiger partial charge on any atom is -0.484 e. The summed E-state index contributed by atoms with van der Waals surface area (Å²) in [5, 5.41) is 12.8. The first-order chi connectivity index (χ1) is 9.02. The predicted molar refractivity (Wildman–Crippen MR) is 63.6 cm³/mol. The molecule has 0 radical (unpaired) electrons. The fraction of sp³-hybridized carbons (Fsp3) is 0.273. The van der Waals surface area contributed by atoms with E-state index >= 15 is 0 Å². The van der Waals surface area contributed by atoms with Gasteiger partial charge in [-0.3, -0.25) is 19.7 Å². The van der Waals surface area contributed by atoms with Crippen LogP contribution >= 0.6 is 0 Å². The van der Waals surface area contributed by atoms with Crippen LogP contribution in [0.25, 0.3) is 0 Å². The third kappa shape index (κ3) is 5.02. The Morgan fingerprint density at radius 1 is 1.42 bits per heavy atom. The number of nitrogens with zero attached hydrogens (tertiary/aromatic N) is 1. The summed E-state index contributed by atoms with van der Waals surface area (Å²) in [6.45, 7) is -0.605. The van der Waals surface area contributed by atoms with Crippen molar-refractivity contribution < 1.29 is 24.0 Å². The van der Waals surface area contributed by atoms with Gasteiger partial charge in [0.2, 0.25) is 0 Å². The van der Waals surface area contributed by atoms with Crippen molar-refractivity contribution in [3.63, 3.8) is 0 Å². The molecule has 0 saturated carbocycles. The zero-order chi connectivity index (χ0) is 14.3. The van der Waals surface area contributed by atoms with Crippen LogP contribution in [0.5, 0.6) is 5.75 Å². The number of carbonyl (C=O) groups excluding carboxylic acids is 2. The topological polar surface area (TPSA) is 108 Å². The van der Waals surface area contributed by atoms with Crippen molar-refractivity contribution >= 4 is 17.6 Å². The summed E-state index contributed by atoms with van der Waals surface area (Å²) in [6, 6.07) is 5.44. The quantitative estimate of drug-likeness (QED) is 0.450. The number of nitro benzene ring substituents is 1. The molecule has 0 atom stereocenters. The number of hydrogen-bond acceptors (Lipinski definition) is 6. The fourth-order valence-electron chi connectivity index (χ4n) is 1.13. The van der Waals surface area contributed by atoms with E-state index in [0.29, 0.717) is 0 Å². The second-order valence-corrected chi connectivity index (χ2v) is 3.40. The molecule has 102 valence electrons. The molecule has 8 heteroatoms. The van der Waals surface area contributed by atoms with E-state index in [0.717, 1.165) is 0 Å². The van der Waals surface area contributed by atoms with Crippen LogP contribution in [-0.4, -0.2) is 37.1 Å². The lowest BCUT2D eigenvalue weighted by Crippen LogP contribution is -2.33. The number of benzene rings is 1. The van der Waals surface area contributed by atoms with Gasteiger partial charge >= 0.3 is 5.97 Å². The van der Waals surface area contributed by atoms with Crippen LogP contribution in [-0.2, 0) is 14.3 Å². The van der Waals surface area contributed by atoms with Gasteiger partial charge < -0.3 is 14.8 Å². The lowest BCUT2D eigenvalue weighted by Gasteiger charge is -2.06. The van der Waals surface area contributed by atoms with Crippen molar-refractivity contribution in [2.45, 2.75) is 0 Å². The molecular weight excluding hydrogens is 256 g/mol. The summed E-state index contributed by atoms with van der Waals surface area (Å²) < 4.78 is 9.39. The molecule has 0 aliphatic heterocycles. The van der Waals surface area contributed by atoms with Crippen molar-refractivity contribution in [1.82, 2.24) is 5.32 Å². The van der Waals surface area contributed by atoms with Gasteiger partial charge in [0.05, 0.1) is 18.1 Å². The highest BCUT2D eigenvalue weighted by Crippen LogP contribution is 2.18. The number of ether oxygens (including phenoxy) is 2. The average Bonchev–Trinajstić information content (AvgIpc) is 2.42. The standard InChI is InChI=1S/C11H12N2O6/c1-18-11(15)6-12-10(14)7-19-9-4-2-3-8(5-9)13(16)17/h2-5H,6-7H2,1H3,(H,12,14). The van der Waals surface area contributed by atoms with Crippen LogP contribution in [0, 0.1) is 10.1 Å². The Labute approximate surface area is 108 Å². The highest BCUT2D eigenvalue weighted by molar-refractivity contribution is 5.82. The van der Waals surface area contributed by atoms with Crippen LogP contribution in [0.2, 0.25) is 0 Å². The van der Waals surface area contributed by atoms with Crippen LogP contribution < -0.4 is 10.1 Å². The Kier molecular flexibility index (Phi) is 5.27. The SMILES string of the molecule is COC(=O)CNC(=O)COc1cccc([N+](=O)[O-])c1. The van der Waals surface area contributed by atoms with Crippen LogP contribution in [0.3, 0.4) is 0 Å². The molecule has 19 heavy (non-hydrogen) atoms. The Balaban J connectivity index is 2.44. The maximum absolute atomic E-state index is 11.3. The number of carbonyl (C=O) groups is 2. The molecule has 0 aliphatic rings. The number of esters is 1. The van der Waals surface area contributed by atoms with Gasteiger partial charge in [0.1, 0.15) is 12.3 Å². The minimum atomic E-state index is -0.580. The zero-order valence-electron chi connectivity index (χ0n) is 10.1. The summed E-state index contributed by atoms with van der Waals surface area (Å²) in [4.78, 5) is 32.0. The van der Waals surface area contributed by atoms with Crippen molar-refractivity contribution in [1.29, 1.82) is 0 Å². The second-order valence-electron chi connectivity index (χ2n) is 3.40. The highest BCUT2D eigenvalue weighted by Gasteiger charge is 2.09. The molecule has 1 N–H and O–H groups in total. The molecule has 0 spiro atoms. The average molecular weight is 268 g/mol. The second kappa shape index (κ2) is 6.94. The number of hydrogen-bond donors (Lipinski definition) is 1. The van der Waals surface area contributed by atoms with E-state index in [-0.39, 0.29) is 24.6 Å².